The van der Waals surface area contributed by atoms with Gasteiger partial charge in [-0.15, -0.1) is 0 Å². The van der Waals surface area contributed by atoms with Crippen molar-refractivity contribution < 1.29 is 14.3 Å². The predicted molar refractivity (Wildman–Crippen MR) is 64.6 cm³/mol. The number of rotatable bonds is 4. The van der Waals surface area contributed by atoms with Crippen LogP contribution < -0.4 is 5.32 Å². The van der Waals surface area contributed by atoms with Crippen LogP contribution in [0.3, 0.4) is 0 Å². The summed E-state index contributed by atoms with van der Waals surface area (Å²) in [4.78, 5) is 11.2. The molecule has 1 unspecified atom stereocenters. The molecule has 2 rings (SSSR count). The first-order chi connectivity index (χ1) is 8.18. The van der Waals surface area contributed by atoms with Crippen molar-refractivity contribution >= 4 is 16.9 Å². The number of hydrogen-bond acceptors (Lipinski definition) is 3. The maximum absolute atomic E-state index is 11.2. The van der Waals surface area contributed by atoms with E-state index in [1.165, 1.54) is 6.92 Å². The second kappa shape index (κ2) is 5.01. The van der Waals surface area contributed by atoms with Crippen molar-refractivity contribution in [1.82, 2.24) is 5.32 Å². The molecule has 2 aromatic rings. The number of hydrogen-bond donors (Lipinski definition) is 2. The minimum absolute atomic E-state index is 0.349. The van der Waals surface area contributed by atoms with E-state index in [1.54, 1.807) is 6.26 Å². The summed E-state index contributed by atoms with van der Waals surface area (Å²) in [5.74, 6) is -0.349. The Bertz CT molecular complexity index is 516. The largest absolute Gasteiger partial charge is 0.464 e. The average molecular weight is 233 g/mol. The summed E-state index contributed by atoms with van der Waals surface area (Å²) in [5, 5.41) is 12.7. The minimum atomic E-state index is -0.962. The molecule has 4 nitrogen and oxygen atoms in total. The number of carbonyl (C=O) groups is 1. The fourth-order valence-corrected chi connectivity index (χ4v) is 1.69. The fourth-order valence-electron chi connectivity index (χ4n) is 1.69. The van der Waals surface area contributed by atoms with Crippen molar-refractivity contribution in [3.63, 3.8) is 0 Å². The summed E-state index contributed by atoms with van der Waals surface area (Å²) in [6.45, 7) is 1.94. The molecule has 17 heavy (non-hydrogen) atoms. The molecule has 0 aliphatic carbocycles. The molecule has 1 amide bonds. The van der Waals surface area contributed by atoms with Gasteiger partial charge in [0.25, 0.3) is 0 Å². The second-order valence-electron chi connectivity index (χ2n) is 3.97. The topological polar surface area (TPSA) is 62.5 Å². The van der Waals surface area contributed by atoms with Gasteiger partial charge in [-0.2, -0.15) is 0 Å². The summed E-state index contributed by atoms with van der Waals surface area (Å²) in [6, 6.07) is 7.78. The number of nitrogens with one attached hydrogen (secondary N) is 1. The van der Waals surface area contributed by atoms with Gasteiger partial charge in [-0.05, 0) is 25.0 Å². The molecule has 1 aromatic heterocycles. The molecule has 0 saturated heterocycles. The van der Waals surface area contributed by atoms with Crippen molar-refractivity contribution in [3.8, 4) is 0 Å². The maximum Gasteiger partial charge on any atom is 0.248 e. The number of fused-ring (bicyclic) bond motifs is 1. The highest BCUT2D eigenvalue weighted by Gasteiger charge is 2.09. The molecule has 0 radical (unpaired) electrons. The van der Waals surface area contributed by atoms with Gasteiger partial charge < -0.3 is 14.8 Å². The molecule has 4 heteroatoms. The van der Waals surface area contributed by atoms with Crippen molar-refractivity contribution in [2.24, 2.45) is 0 Å². The van der Waals surface area contributed by atoms with Crippen LogP contribution in [0.1, 0.15) is 12.5 Å². The van der Waals surface area contributed by atoms with Crippen LogP contribution in [0.2, 0.25) is 0 Å². The van der Waals surface area contributed by atoms with Crippen LogP contribution in [0.5, 0.6) is 0 Å². The Balaban J connectivity index is 1.98. The zero-order valence-corrected chi connectivity index (χ0v) is 9.64. The first-order valence-corrected chi connectivity index (χ1v) is 5.59. The van der Waals surface area contributed by atoms with Crippen LogP contribution >= 0.6 is 0 Å². The van der Waals surface area contributed by atoms with Gasteiger partial charge in [0.1, 0.15) is 11.7 Å². The Kier molecular flexibility index (Phi) is 3.44. The summed E-state index contributed by atoms with van der Waals surface area (Å²) in [5.41, 5.74) is 1.91. The lowest BCUT2D eigenvalue weighted by Crippen LogP contribution is -2.33. The molecule has 1 heterocycles. The SMILES string of the molecule is CC(O)C(=O)NCCc1coc2ccccc12. The van der Waals surface area contributed by atoms with Crippen molar-refractivity contribution in [3.05, 3.63) is 36.1 Å². The number of aliphatic hydroxyl groups excluding tert-OH is 1. The van der Waals surface area contributed by atoms with E-state index in [1.807, 2.05) is 24.3 Å². The van der Waals surface area contributed by atoms with E-state index in [0.717, 1.165) is 16.5 Å². The number of amides is 1. The van der Waals surface area contributed by atoms with Gasteiger partial charge in [0.2, 0.25) is 5.91 Å². The molecule has 2 N–H and O–H groups in total. The average Bonchev–Trinajstić information content (AvgIpc) is 2.72. The van der Waals surface area contributed by atoms with E-state index in [0.29, 0.717) is 13.0 Å². The number of carbonyl (C=O) groups excluding carboxylic acids is 1. The Labute approximate surface area is 99.2 Å². The summed E-state index contributed by atoms with van der Waals surface area (Å²) < 4.78 is 5.39. The maximum atomic E-state index is 11.2. The minimum Gasteiger partial charge on any atom is -0.464 e. The molecule has 0 bridgehead atoms. The third kappa shape index (κ3) is 2.65. The van der Waals surface area contributed by atoms with Gasteiger partial charge in [0.05, 0.1) is 6.26 Å². The number of benzene rings is 1. The molecular weight excluding hydrogens is 218 g/mol. The Morgan fingerprint density at radius 1 is 1.47 bits per heavy atom. The normalized spacial score (nSPS) is 12.6. The molecule has 0 aliphatic heterocycles. The first-order valence-electron chi connectivity index (χ1n) is 5.59. The van der Waals surface area contributed by atoms with E-state index >= 15 is 0 Å². The first kappa shape index (κ1) is 11.7. The molecule has 1 aromatic carbocycles. The molecule has 0 fully saturated rings. The highest BCUT2D eigenvalue weighted by Crippen LogP contribution is 2.20. The van der Waals surface area contributed by atoms with E-state index in [9.17, 15) is 4.79 Å². The van der Waals surface area contributed by atoms with Crippen LogP contribution in [-0.4, -0.2) is 23.7 Å². The van der Waals surface area contributed by atoms with Crippen LogP contribution in [0.15, 0.2) is 34.9 Å². The highest BCUT2D eigenvalue weighted by molar-refractivity contribution is 5.81. The lowest BCUT2D eigenvalue weighted by Gasteiger charge is -2.05. The van der Waals surface area contributed by atoms with Gasteiger partial charge >= 0.3 is 0 Å². The number of aliphatic hydroxyl groups is 1. The van der Waals surface area contributed by atoms with Crippen LogP contribution in [0, 0.1) is 0 Å². The summed E-state index contributed by atoms with van der Waals surface area (Å²) in [7, 11) is 0. The molecular formula is C13H15NO3. The molecule has 0 saturated carbocycles. The lowest BCUT2D eigenvalue weighted by atomic mass is 10.1. The summed E-state index contributed by atoms with van der Waals surface area (Å²) in [6.07, 6.45) is 1.44. The van der Waals surface area contributed by atoms with Crippen LogP contribution in [-0.2, 0) is 11.2 Å². The van der Waals surface area contributed by atoms with Gasteiger partial charge in [-0.25, -0.2) is 0 Å². The zero-order valence-electron chi connectivity index (χ0n) is 9.64. The zero-order chi connectivity index (χ0) is 12.3. The predicted octanol–water partition coefficient (Wildman–Crippen LogP) is 1.47. The molecule has 0 spiro atoms. The van der Waals surface area contributed by atoms with Gasteiger partial charge in [0.15, 0.2) is 0 Å². The van der Waals surface area contributed by atoms with E-state index in [4.69, 9.17) is 9.52 Å². The second-order valence-corrected chi connectivity index (χ2v) is 3.97. The number of para-hydroxylation sites is 1. The van der Waals surface area contributed by atoms with Crippen LogP contribution in [0.25, 0.3) is 11.0 Å². The molecule has 1 atom stereocenters. The fraction of sp³-hybridized carbons (Fsp3) is 0.308. The third-order valence-electron chi connectivity index (χ3n) is 2.63. The quantitative estimate of drug-likeness (QED) is 0.840. The van der Waals surface area contributed by atoms with E-state index in [2.05, 4.69) is 5.32 Å². The third-order valence-corrected chi connectivity index (χ3v) is 2.63. The molecule has 0 aliphatic rings. The van der Waals surface area contributed by atoms with E-state index < -0.39 is 6.10 Å². The Morgan fingerprint density at radius 2 is 2.24 bits per heavy atom. The monoisotopic (exact) mass is 233 g/mol. The van der Waals surface area contributed by atoms with Crippen molar-refractivity contribution in [2.75, 3.05) is 6.54 Å². The Morgan fingerprint density at radius 3 is 3.00 bits per heavy atom. The number of furan rings is 1. The Hall–Kier alpha value is -1.81. The van der Waals surface area contributed by atoms with Gasteiger partial charge in [0, 0.05) is 11.9 Å². The van der Waals surface area contributed by atoms with Crippen molar-refractivity contribution in [2.45, 2.75) is 19.4 Å². The van der Waals surface area contributed by atoms with Gasteiger partial charge in [-0.1, -0.05) is 18.2 Å². The summed E-state index contributed by atoms with van der Waals surface area (Å²) >= 11 is 0. The highest BCUT2D eigenvalue weighted by atomic mass is 16.3. The van der Waals surface area contributed by atoms with E-state index in [-0.39, 0.29) is 5.91 Å². The lowest BCUT2D eigenvalue weighted by molar-refractivity contribution is -0.128. The molecule has 90 valence electrons. The smallest absolute Gasteiger partial charge is 0.248 e. The standard InChI is InChI=1S/C13H15NO3/c1-9(15)13(16)14-7-6-10-8-17-12-5-3-2-4-11(10)12/h2-5,8-9,15H,6-7H2,1H3,(H,14,16). The van der Waals surface area contributed by atoms with Crippen LogP contribution in [0.4, 0.5) is 0 Å². The van der Waals surface area contributed by atoms with Gasteiger partial charge in [-0.3, -0.25) is 4.79 Å². The van der Waals surface area contributed by atoms with Crippen molar-refractivity contribution in [1.29, 1.82) is 0 Å².